The van der Waals surface area contributed by atoms with E-state index in [0.717, 1.165) is 24.1 Å². The summed E-state index contributed by atoms with van der Waals surface area (Å²) in [7, 11) is 0. The molecule has 0 spiro atoms. The standard InChI is InChI=1S/C34H35NO/c1-3-5-6-7-9-12-26-16-22-33-31(24-26)30-23-25(4-2)15-21-32(30)35(33)29-19-17-28(18-20-29)34(36)27-13-10-8-11-14-27/h8,10-11,13-24H,3-7,9,12H2,1-2H3. The minimum Gasteiger partial charge on any atom is -0.309 e. The molecule has 36 heavy (non-hydrogen) atoms. The first-order valence-corrected chi connectivity index (χ1v) is 13.5. The van der Waals surface area contributed by atoms with Crippen LogP contribution >= 0.6 is 0 Å². The summed E-state index contributed by atoms with van der Waals surface area (Å²) in [5.74, 6) is 0.0561. The van der Waals surface area contributed by atoms with Gasteiger partial charge in [0.25, 0.3) is 0 Å². The number of carbonyl (C=O) groups is 1. The van der Waals surface area contributed by atoms with Crippen molar-refractivity contribution in [3.8, 4) is 5.69 Å². The fraction of sp³-hybridized carbons (Fsp3) is 0.265. The molecule has 0 fully saturated rings. The van der Waals surface area contributed by atoms with E-state index >= 15 is 0 Å². The molecule has 0 bridgehead atoms. The second-order valence-electron chi connectivity index (χ2n) is 9.80. The van der Waals surface area contributed by atoms with E-state index in [-0.39, 0.29) is 5.78 Å². The number of nitrogens with zero attached hydrogens (tertiary/aromatic N) is 1. The summed E-state index contributed by atoms with van der Waals surface area (Å²) in [5, 5.41) is 2.62. The quantitative estimate of drug-likeness (QED) is 0.146. The van der Waals surface area contributed by atoms with Crippen molar-refractivity contribution in [3.05, 3.63) is 113 Å². The van der Waals surface area contributed by atoms with E-state index in [1.807, 2.05) is 42.5 Å². The third kappa shape index (κ3) is 4.86. The van der Waals surface area contributed by atoms with Crippen LogP contribution in [0.4, 0.5) is 0 Å². The fourth-order valence-electron chi connectivity index (χ4n) is 5.22. The van der Waals surface area contributed by atoms with Crippen LogP contribution < -0.4 is 0 Å². The van der Waals surface area contributed by atoms with Crippen LogP contribution in [0.25, 0.3) is 27.5 Å². The van der Waals surface area contributed by atoms with Gasteiger partial charge in [-0.15, -0.1) is 0 Å². The molecule has 0 saturated carbocycles. The van der Waals surface area contributed by atoms with Crippen LogP contribution in [0, 0.1) is 0 Å². The number of carbonyl (C=O) groups excluding carboxylic acids is 1. The maximum Gasteiger partial charge on any atom is 0.193 e. The van der Waals surface area contributed by atoms with Crippen molar-refractivity contribution in [3.63, 3.8) is 0 Å². The maximum absolute atomic E-state index is 12.9. The molecule has 0 unspecified atom stereocenters. The summed E-state index contributed by atoms with van der Waals surface area (Å²) >= 11 is 0. The van der Waals surface area contributed by atoms with Gasteiger partial charge < -0.3 is 4.57 Å². The molecule has 5 aromatic rings. The lowest BCUT2D eigenvalue weighted by atomic mass is 10.0. The number of hydrogen-bond donors (Lipinski definition) is 0. The molecule has 2 nitrogen and oxygen atoms in total. The zero-order chi connectivity index (χ0) is 24.9. The molecule has 0 radical (unpaired) electrons. The van der Waals surface area contributed by atoms with E-state index in [9.17, 15) is 4.79 Å². The van der Waals surface area contributed by atoms with Crippen LogP contribution in [0.3, 0.4) is 0 Å². The first-order chi connectivity index (χ1) is 17.7. The van der Waals surface area contributed by atoms with Gasteiger partial charge in [-0.1, -0.05) is 82.0 Å². The molecule has 0 atom stereocenters. The van der Waals surface area contributed by atoms with Crippen molar-refractivity contribution in [2.45, 2.75) is 58.8 Å². The zero-order valence-corrected chi connectivity index (χ0v) is 21.5. The molecule has 0 saturated heterocycles. The summed E-state index contributed by atoms with van der Waals surface area (Å²) < 4.78 is 2.34. The third-order valence-electron chi connectivity index (χ3n) is 7.29. The Balaban J connectivity index is 1.52. The average molecular weight is 474 g/mol. The van der Waals surface area contributed by atoms with Crippen molar-refractivity contribution in [1.82, 2.24) is 4.57 Å². The lowest BCUT2D eigenvalue weighted by Gasteiger charge is -2.10. The Hall–Kier alpha value is -3.65. The van der Waals surface area contributed by atoms with Gasteiger partial charge >= 0.3 is 0 Å². The van der Waals surface area contributed by atoms with Gasteiger partial charge in [-0.25, -0.2) is 0 Å². The van der Waals surface area contributed by atoms with Crippen molar-refractivity contribution in [1.29, 1.82) is 0 Å². The molecule has 0 aliphatic carbocycles. The van der Waals surface area contributed by atoms with Crippen LogP contribution in [0.2, 0.25) is 0 Å². The van der Waals surface area contributed by atoms with Crippen LogP contribution in [0.5, 0.6) is 0 Å². The van der Waals surface area contributed by atoms with Gasteiger partial charge in [0.1, 0.15) is 0 Å². The molecular weight excluding hydrogens is 438 g/mol. The molecule has 182 valence electrons. The normalized spacial score (nSPS) is 11.4. The maximum atomic E-state index is 12.9. The Bertz CT molecular complexity index is 1480. The molecule has 0 aliphatic heterocycles. The highest BCUT2D eigenvalue weighted by molar-refractivity contribution is 6.10. The average Bonchev–Trinajstić information content (AvgIpc) is 3.26. The number of aryl methyl sites for hydroxylation is 2. The Morgan fingerprint density at radius 2 is 1.25 bits per heavy atom. The second kappa shape index (κ2) is 11.0. The number of benzene rings is 4. The Morgan fingerprint density at radius 3 is 1.92 bits per heavy atom. The summed E-state index contributed by atoms with van der Waals surface area (Å²) in [6.07, 6.45) is 8.67. The lowest BCUT2D eigenvalue weighted by molar-refractivity contribution is 0.103. The van der Waals surface area contributed by atoms with Crippen molar-refractivity contribution >= 4 is 27.6 Å². The van der Waals surface area contributed by atoms with E-state index in [4.69, 9.17) is 0 Å². The largest absolute Gasteiger partial charge is 0.309 e. The number of unbranched alkanes of at least 4 members (excludes halogenated alkanes) is 4. The lowest BCUT2D eigenvalue weighted by Crippen LogP contribution is -2.02. The van der Waals surface area contributed by atoms with Gasteiger partial charge in [0.2, 0.25) is 0 Å². The number of rotatable bonds is 10. The van der Waals surface area contributed by atoms with E-state index in [1.54, 1.807) is 0 Å². The summed E-state index contributed by atoms with van der Waals surface area (Å²) in [6, 6.07) is 31.4. The number of fused-ring (bicyclic) bond motifs is 3. The highest BCUT2D eigenvalue weighted by atomic mass is 16.1. The van der Waals surface area contributed by atoms with E-state index in [2.05, 4.69) is 66.9 Å². The van der Waals surface area contributed by atoms with E-state index < -0.39 is 0 Å². The SMILES string of the molecule is CCCCCCCc1ccc2c(c1)c1cc(CC)ccc1n2-c1ccc(C(=O)c2ccccc2)cc1. The summed E-state index contributed by atoms with van der Waals surface area (Å²) in [6.45, 7) is 4.48. The zero-order valence-electron chi connectivity index (χ0n) is 21.5. The van der Waals surface area contributed by atoms with Crippen LogP contribution in [-0.4, -0.2) is 10.4 Å². The number of ketones is 1. The Labute approximate surface area is 214 Å². The van der Waals surface area contributed by atoms with Gasteiger partial charge in [0.15, 0.2) is 5.78 Å². The molecule has 0 N–H and O–H groups in total. The predicted molar refractivity (Wildman–Crippen MR) is 152 cm³/mol. The minimum absolute atomic E-state index is 0.0561. The first-order valence-electron chi connectivity index (χ1n) is 13.5. The van der Waals surface area contributed by atoms with Crippen LogP contribution in [0.15, 0.2) is 91.0 Å². The van der Waals surface area contributed by atoms with Gasteiger partial charge in [-0.05, 0) is 78.9 Å². The first kappa shape index (κ1) is 24.1. The Kier molecular flexibility index (Phi) is 7.32. The van der Waals surface area contributed by atoms with Gasteiger partial charge in [-0.3, -0.25) is 4.79 Å². The van der Waals surface area contributed by atoms with Gasteiger partial charge in [0, 0.05) is 27.6 Å². The van der Waals surface area contributed by atoms with Crippen molar-refractivity contribution in [2.75, 3.05) is 0 Å². The van der Waals surface area contributed by atoms with Gasteiger partial charge in [-0.2, -0.15) is 0 Å². The van der Waals surface area contributed by atoms with E-state index in [1.165, 1.54) is 65.0 Å². The monoisotopic (exact) mass is 473 g/mol. The molecular formula is C34H35NO. The number of hydrogen-bond acceptors (Lipinski definition) is 1. The van der Waals surface area contributed by atoms with Crippen molar-refractivity contribution in [2.24, 2.45) is 0 Å². The third-order valence-corrected chi connectivity index (χ3v) is 7.29. The molecule has 1 heterocycles. The second-order valence-corrected chi connectivity index (χ2v) is 9.80. The number of aromatic nitrogens is 1. The molecule has 2 heteroatoms. The van der Waals surface area contributed by atoms with Gasteiger partial charge in [0.05, 0.1) is 11.0 Å². The van der Waals surface area contributed by atoms with Crippen LogP contribution in [0.1, 0.15) is 73.0 Å². The summed E-state index contributed by atoms with van der Waals surface area (Å²) in [4.78, 5) is 12.9. The minimum atomic E-state index is 0.0561. The molecule has 1 aromatic heterocycles. The molecule has 0 amide bonds. The fourth-order valence-corrected chi connectivity index (χ4v) is 5.22. The van der Waals surface area contributed by atoms with E-state index in [0.29, 0.717) is 5.56 Å². The highest BCUT2D eigenvalue weighted by Gasteiger charge is 2.15. The van der Waals surface area contributed by atoms with Crippen LogP contribution in [-0.2, 0) is 12.8 Å². The molecule has 0 aliphatic rings. The molecule has 4 aromatic carbocycles. The topological polar surface area (TPSA) is 22.0 Å². The Morgan fingerprint density at radius 1 is 0.639 bits per heavy atom. The predicted octanol–water partition coefficient (Wildman–Crippen LogP) is 9.09. The summed E-state index contributed by atoms with van der Waals surface area (Å²) in [5.41, 5.74) is 7.72. The molecule has 5 rings (SSSR count). The smallest absolute Gasteiger partial charge is 0.193 e. The highest BCUT2D eigenvalue weighted by Crippen LogP contribution is 2.34. The van der Waals surface area contributed by atoms with Crippen molar-refractivity contribution < 1.29 is 4.79 Å².